The third kappa shape index (κ3) is 2.01. The lowest BCUT2D eigenvalue weighted by atomic mass is 10.0. The van der Waals surface area contributed by atoms with Gasteiger partial charge in [-0.2, -0.15) is 0 Å². The monoisotopic (exact) mass is 178 g/mol. The number of hydrogen-bond donors (Lipinski definition) is 1. The van der Waals surface area contributed by atoms with Crippen molar-refractivity contribution in [2.45, 2.75) is 25.9 Å². The highest BCUT2D eigenvalue weighted by Gasteiger charge is 2.23. The van der Waals surface area contributed by atoms with E-state index >= 15 is 0 Å². The summed E-state index contributed by atoms with van der Waals surface area (Å²) in [7, 11) is 0. The second-order valence-corrected chi connectivity index (χ2v) is 3.47. The van der Waals surface area contributed by atoms with Crippen molar-refractivity contribution >= 4 is 0 Å². The van der Waals surface area contributed by atoms with Crippen molar-refractivity contribution in [1.29, 1.82) is 0 Å². The number of epoxide rings is 1. The van der Waals surface area contributed by atoms with Gasteiger partial charge in [0.05, 0.1) is 12.7 Å². The SMILES string of the molecule is CCc1ccc(O)cc1CC1CO1. The van der Waals surface area contributed by atoms with E-state index in [9.17, 15) is 5.11 Å². The Morgan fingerprint density at radius 3 is 2.85 bits per heavy atom. The van der Waals surface area contributed by atoms with Gasteiger partial charge in [0, 0.05) is 6.42 Å². The fraction of sp³-hybridized carbons (Fsp3) is 0.455. The van der Waals surface area contributed by atoms with Crippen LogP contribution in [-0.4, -0.2) is 17.8 Å². The van der Waals surface area contributed by atoms with Crippen molar-refractivity contribution in [3.05, 3.63) is 29.3 Å². The number of benzene rings is 1. The second-order valence-electron chi connectivity index (χ2n) is 3.47. The summed E-state index contributed by atoms with van der Waals surface area (Å²) in [4.78, 5) is 0. The van der Waals surface area contributed by atoms with Gasteiger partial charge in [0.2, 0.25) is 0 Å². The number of hydrogen-bond acceptors (Lipinski definition) is 2. The van der Waals surface area contributed by atoms with Gasteiger partial charge in [0.25, 0.3) is 0 Å². The highest BCUT2D eigenvalue weighted by Crippen LogP contribution is 2.23. The third-order valence-electron chi connectivity index (χ3n) is 2.42. The molecule has 1 aliphatic heterocycles. The number of rotatable bonds is 3. The molecule has 1 N–H and O–H groups in total. The van der Waals surface area contributed by atoms with E-state index in [1.807, 2.05) is 12.1 Å². The van der Waals surface area contributed by atoms with E-state index in [0.29, 0.717) is 11.9 Å². The predicted octanol–water partition coefficient (Wildman–Crippen LogP) is 1.90. The molecule has 1 unspecified atom stereocenters. The van der Waals surface area contributed by atoms with E-state index in [4.69, 9.17) is 4.74 Å². The van der Waals surface area contributed by atoms with E-state index in [1.54, 1.807) is 6.07 Å². The molecular formula is C11H14O2. The van der Waals surface area contributed by atoms with Crippen LogP contribution in [0.4, 0.5) is 0 Å². The van der Waals surface area contributed by atoms with Crippen LogP contribution in [-0.2, 0) is 17.6 Å². The average Bonchev–Trinajstić information content (AvgIpc) is 2.89. The Morgan fingerprint density at radius 2 is 2.23 bits per heavy atom. The zero-order valence-electron chi connectivity index (χ0n) is 7.79. The number of phenolic OH excluding ortho intramolecular Hbond substituents is 1. The average molecular weight is 178 g/mol. The first-order chi connectivity index (χ1) is 6.29. The molecule has 1 heterocycles. The first kappa shape index (κ1) is 8.57. The van der Waals surface area contributed by atoms with Gasteiger partial charge in [0.1, 0.15) is 5.75 Å². The molecule has 0 radical (unpaired) electrons. The largest absolute Gasteiger partial charge is 0.508 e. The third-order valence-corrected chi connectivity index (χ3v) is 2.42. The number of aromatic hydroxyl groups is 1. The number of ether oxygens (including phenoxy) is 1. The Balaban J connectivity index is 2.22. The van der Waals surface area contributed by atoms with Crippen molar-refractivity contribution in [1.82, 2.24) is 0 Å². The molecule has 0 bridgehead atoms. The molecule has 0 aliphatic carbocycles. The van der Waals surface area contributed by atoms with Crippen molar-refractivity contribution < 1.29 is 9.84 Å². The summed E-state index contributed by atoms with van der Waals surface area (Å²) in [6.45, 7) is 3.00. The standard InChI is InChI=1S/C11H14O2/c1-2-8-3-4-10(12)5-9(8)6-11-7-13-11/h3-5,11-12H,2,6-7H2,1H3. The van der Waals surface area contributed by atoms with Crippen LogP contribution in [0.3, 0.4) is 0 Å². The summed E-state index contributed by atoms with van der Waals surface area (Å²) >= 11 is 0. The molecular weight excluding hydrogens is 164 g/mol. The second kappa shape index (κ2) is 3.38. The van der Waals surface area contributed by atoms with Crippen LogP contribution in [0, 0.1) is 0 Å². The van der Waals surface area contributed by atoms with Crippen LogP contribution >= 0.6 is 0 Å². The lowest BCUT2D eigenvalue weighted by Gasteiger charge is -2.06. The molecule has 0 saturated carbocycles. The Kier molecular flexibility index (Phi) is 2.23. The molecule has 1 aromatic rings. The highest BCUT2D eigenvalue weighted by atomic mass is 16.6. The molecule has 2 heteroatoms. The van der Waals surface area contributed by atoms with Gasteiger partial charge in [-0.15, -0.1) is 0 Å². The summed E-state index contributed by atoms with van der Waals surface area (Å²) in [5.74, 6) is 0.354. The van der Waals surface area contributed by atoms with Crippen molar-refractivity contribution in [3.8, 4) is 5.75 Å². The molecule has 1 aromatic carbocycles. The fourth-order valence-corrected chi connectivity index (χ4v) is 1.58. The zero-order chi connectivity index (χ0) is 9.26. The van der Waals surface area contributed by atoms with Crippen molar-refractivity contribution in [2.75, 3.05) is 6.61 Å². The molecule has 1 saturated heterocycles. The predicted molar refractivity (Wildman–Crippen MR) is 50.9 cm³/mol. The van der Waals surface area contributed by atoms with Gasteiger partial charge < -0.3 is 9.84 Å². The first-order valence-corrected chi connectivity index (χ1v) is 4.72. The molecule has 1 fully saturated rings. The first-order valence-electron chi connectivity index (χ1n) is 4.72. The Morgan fingerprint density at radius 1 is 1.46 bits per heavy atom. The van der Waals surface area contributed by atoms with E-state index in [2.05, 4.69) is 6.92 Å². The summed E-state index contributed by atoms with van der Waals surface area (Å²) in [6, 6.07) is 5.59. The fourth-order valence-electron chi connectivity index (χ4n) is 1.58. The van der Waals surface area contributed by atoms with Crippen LogP contribution in [0.2, 0.25) is 0 Å². The minimum atomic E-state index is 0.354. The lowest BCUT2D eigenvalue weighted by Crippen LogP contribution is -1.97. The van der Waals surface area contributed by atoms with Gasteiger partial charge in [-0.05, 0) is 29.7 Å². The maximum atomic E-state index is 9.33. The maximum absolute atomic E-state index is 9.33. The minimum Gasteiger partial charge on any atom is -0.508 e. The molecule has 1 aliphatic rings. The van der Waals surface area contributed by atoms with E-state index in [1.165, 1.54) is 11.1 Å². The van der Waals surface area contributed by atoms with Crippen molar-refractivity contribution in [2.24, 2.45) is 0 Å². The minimum absolute atomic E-state index is 0.354. The van der Waals surface area contributed by atoms with Crippen LogP contribution < -0.4 is 0 Å². The topological polar surface area (TPSA) is 32.8 Å². The van der Waals surface area contributed by atoms with Gasteiger partial charge in [0.15, 0.2) is 0 Å². The molecule has 1 atom stereocenters. The summed E-state index contributed by atoms with van der Waals surface area (Å²) < 4.78 is 5.17. The Bertz CT molecular complexity index is 303. The van der Waals surface area contributed by atoms with E-state index < -0.39 is 0 Å². The van der Waals surface area contributed by atoms with Crippen LogP contribution in [0.5, 0.6) is 5.75 Å². The highest BCUT2D eigenvalue weighted by molar-refractivity contribution is 5.35. The van der Waals surface area contributed by atoms with Gasteiger partial charge >= 0.3 is 0 Å². The van der Waals surface area contributed by atoms with Crippen LogP contribution in [0.25, 0.3) is 0 Å². The molecule has 70 valence electrons. The molecule has 0 spiro atoms. The molecule has 2 nitrogen and oxygen atoms in total. The van der Waals surface area contributed by atoms with Gasteiger partial charge in [-0.25, -0.2) is 0 Å². The molecule has 0 aromatic heterocycles. The van der Waals surface area contributed by atoms with Crippen LogP contribution in [0.15, 0.2) is 18.2 Å². The van der Waals surface area contributed by atoms with Gasteiger partial charge in [-0.1, -0.05) is 13.0 Å². The van der Waals surface area contributed by atoms with E-state index in [-0.39, 0.29) is 0 Å². The Labute approximate surface area is 78.2 Å². The lowest BCUT2D eigenvalue weighted by molar-refractivity contribution is 0.406. The normalized spacial score (nSPS) is 20.2. The molecule has 13 heavy (non-hydrogen) atoms. The maximum Gasteiger partial charge on any atom is 0.115 e. The summed E-state index contributed by atoms with van der Waals surface area (Å²) in [6.07, 6.45) is 2.35. The van der Waals surface area contributed by atoms with Crippen molar-refractivity contribution in [3.63, 3.8) is 0 Å². The zero-order valence-corrected chi connectivity index (χ0v) is 7.79. The quantitative estimate of drug-likeness (QED) is 0.717. The smallest absolute Gasteiger partial charge is 0.115 e. The van der Waals surface area contributed by atoms with Crippen LogP contribution in [0.1, 0.15) is 18.1 Å². The van der Waals surface area contributed by atoms with E-state index in [0.717, 1.165) is 19.4 Å². The summed E-state index contributed by atoms with van der Waals surface area (Å²) in [5.41, 5.74) is 2.54. The molecule has 0 amide bonds. The molecule has 2 rings (SSSR count). The number of aryl methyl sites for hydroxylation is 1. The Hall–Kier alpha value is -1.02. The number of phenols is 1. The summed E-state index contributed by atoms with van der Waals surface area (Å²) in [5, 5.41) is 9.33. The van der Waals surface area contributed by atoms with Gasteiger partial charge in [-0.3, -0.25) is 0 Å².